The lowest BCUT2D eigenvalue weighted by Gasteiger charge is -2.02. The predicted molar refractivity (Wildman–Crippen MR) is 68.0 cm³/mol. The number of hydrogen-bond donors (Lipinski definition) is 0. The van der Waals surface area contributed by atoms with E-state index < -0.39 is 0 Å². The Morgan fingerprint density at radius 3 is 2.75 bits per heavy atom. The van der Waals surface area contributed by atoms with E-state index in [1.165, 1.54) is 0 Å². The molecular weight excluding hydrogens is 265 g/mol. The summed E-state index contributed by atoms with van der Waals surface area (Å²) in [6.07, 6.45) is 1.67. The summed E-state index contributed by atoms with van der Waals surface area (Å²) in [7, 11) is 0. The zero-order valence-electron chi connectivity index (χ0n) is 8.32. The van der Waals surface area contributed by atoms with Crippen molar-refractivity contribution in [1.29, 1.82) is 0 Å². The second-order valence-corrected chi connectivity index (χ2v) is 4.89. The van der Waals surface area contributed by atoms with Gasteiger partial charge in [-0.05, 0) is 23.8 Å². The lowest BCUT2D eigenvalue weighted by atomic mass is 10.3. The molecule has 0 unspecified atom stereocenters. The van der Waals surface area contributed by atoms with E-state index in [1.807, 2.05) is 18.2 Å². The lowest BCUT2D eigenvalue weighted by molar-refractivity contribution is 0.530. The van der Waals surface area contributed by atoms with Crippen LogP contribution in [-0.2, 0) is 11.5 Å². The number of thioether (sulfide) groups is 1. The smallest absolute Gasteiger partial charge is 0.134 e. The van der Waals surface area contributed by atoms with Gasteiger partial charge >= 0.3 is 0 Å². The fourth-order valence-electron chi connectivity index (χ4n) is 1.20. The SMILES string of the molecule is Clc1ccc(CSCc2ccco2)c(Cl)n1. The summed E-state index contributed by atoms with van der Waals surface area (Å²) in [4.78, 5) is 3.98. The number of aromatic nitrogens is 1. The number of hydrogen-bond acceptors (Lipinski definition) is 3. The van der Waals surface area contributed by atoms with E-state index >= 15 is 0 Å². The van der Waals surface area contributed by atoms with E-state index in [2.05, 4.69) is 4.98 Å². The molecule has 0 spiro atoms. The van der Waals surface area contributed by atoms with Crippen molar-refractivity contribution in [2.75, 3.05) is 0 Å². The number of rotatable bonds is 4. The molecule has 2 aromatic rings. The minimum atomic E-state index is 0.421. The van der Waals surface area contributed by atoms with Crippen molar-refractivity contribution in [2.24, 2.45) is 0 Å². The van der Waals surface area contributed by atoms with E-state index in [0.29, 0.717) is 10.3 Å². The van der Waals surface area contributed by atoms with Crippen LogP contribution in [0.25, 0.3) is 0 Å². The van der Waals surface area contributed by atoms with Gasteiger partial charge in [0.1, 0.15) is 16.1 Å². The number of furan rings is 1. The van der Waals surface area contributed by atoms with Crippen LogP contribution in [0.2, 0.25) is 10.3 Å². The van der Waals surface area contributed by atoms with Crippen LogP contribution in [0.1, 0.15) is 11.3 Å². The van der Waals surface area contributed by atoms with Crippen molar-refractivity contribution in [3.63, 3.8) is 0 Å². The van der Waals surface area contributed by atoms with Gasteiger partial charge in [-0.3, -0.25) is 0 Å². The molecule has 0 saturated carbocycles. The Bertz CT molecular complexity index is 459. The number of nitrogens with zero attached hydrogens (tertiary/aromatic N) is 1. The first-order chi connectivity index (χ1) is 7.75. The zero-order chi connectivity index (χ0) is 11.4. The molecule has 0 amide bonds. The number of halogens is 2. The molecule has 2 heterocycles. The molecule has 0 aromatic carbocycles. The Balaban J connectivity index is 1.90. The van der Waals surface area contributed by atoms with Crippen LogP contribution >= 0.6 is 35.0 Å². The maximum atomic E-state index is 5.96. The maximum Gasteiger partial charge on any atom is 0.134 e. The van der Waals surface area contributed by atoms with Crippen molar-refractivity contribution >= 4 is 35.0 Å². The van der Waals surface area contributed by atoms with Crippen LogP contribution in [0.3, 0.4) is 0 Å². The Kier molecular flexibility index (Phi) is 4.16. The first-order valence-corrected chi connectivity index (χ1v) is 6.58. The highest BCUT2D eigenvalue weighted by Gasteiger charge is 2.03. The van der Waals surface area contributed by atoms with Crippen LogP contribution in [0.5, 0.6) is 0 Å². The zero-order valence-corrected chi connectivity index (χ0v) is 10.6. The molecule has 84 valence electrons. The van der Waals surface area contributed by atoms with Crippen molar-refractivity contribution in [3.8, 4) is 0 Å². The molecule has 5 heteroatoms. The van der Waals surface area contributed by atoms with Crippen molar-refractivity contribution in [2.45, 2.75) is 11.5 Å². The van der Waals surface area contributed by atoms with Gasteiger partial charge in [0.25, 0.3) is 0 Å². The summed E-state index contributed by atoms with van der Waals surface area (Å²) >= 11 is 13.4. The Labute approximate surface area is 108 Å². The summed E-state index contributed by atoms with van der Waals surface area (Å²) in [5.41, 5.74) is 0.989. The fourth-order valence-corrected chi connectivity index (χ4v) is 2.62. The average molecular weight is 274 g/mol. The molecule has 0 aliphatic heterocycles. The molecule has 0 aliphatic carbocycles. The minimum Gasteiger partial charge on any atom is -0.468 e. The van der Waals surface area contributed by atoms with Crippen LogP contribution in [0.15, 0.2) is 34.9 Å². The number of pyridine rings is 1. The van der Waals surface area contributed by atoms with Crippen molar-refractivity contribution < 1.29 is 4.42 Å². The first-order valence-electron chi connectivity index (χ1n) is 4.67. The lowest BCUT2D eigenvalue weighted by Crippen LogP contribution is -1.87. The van der Waals surface area contributed by atoms with Gasteiger partial charge in [-0.1, -0.05) is 29.3 Å². The van der Waals surface area contributed by atoms with E-state index in [0.717, 1.165) is 22.8 Å². The fraction of sp³-hybridized carbons (Fsp3) is 0.182. The predicted octanol–water partition coefficient (Wildman–Crippen LogP) is 4.41. The minimum absolute atomic E-state index is 0.421. The van der Waals surface area contributed by atoms with Gasteiger partial charge < -0.3 is 4.42 Å². The first kappa shape index (κ1) is 11.8. The summed E-state index contributed by atoms with van der Waals surface area (Å²) in [5, 5.41) is 0.893. The van der Waals surface area contributed by atoms with Gasteiger partial charge in [-0.2, -0.15) is 0 Å². The summed E-state index contributed by atoms with van der Waals surface area (Å²) in [5.74, 6) is 2.58. The third-order valence-corrected chi connectivity index (χ3v) is 3.52. The van der Waals surface area contributed by atoms with Gasteiger partial charge in [-0.25, -0.2) is 4.98 Å². The summed E-state index contributed by atoms with van der Waals surface area (Å²) in [6.45, 7) is 0. The second-order valence-electron chi connectivity index (χ2n) is 3.16. The van der Waals surface area contributed by atoms with Gasteiger partial charge in [0.05, 0.1) is 12.0 Å². The van der Waals surface area contributed by atoms with Gasteiger partial charge in [-0.15, -0.1) is 11.8 Å². The van der Waals surface area contributed by atoms with Crippen LogP contribution in [-0.4, -0.2) is 4.98 Å². The Morgan fingerprint density at radius 2 is 2.06 bits per heavy atom. The molecule has 0 fully saturated rings. The van der Waals surface area contributed by atoms with Gasteiger partial charge in [0, 0.05) is 5.75 Å². The molecule has 0 radical (unpaired) electrons. The highest BCUT2D eigenvalue weighted by atomic mass is 35.5. The van der Waals surface area contributed by atoms with E-state index in [4.69, 9.17) is 27.6 Å². The van der Waals surface area contributed by atoms with Crippen LogP contribution in [0, 0.1) is 0 Å². The second kappa shape index (κ2) is 5.62. The normalized spacial score (nSPS) is 10.6. The average Bonchev–Trinajstić information content (AvgIpc) is 2.74. The Hall–Kier alpha value is -0.640. The Morgan fingerprint density at radius 1 is 1.19 bits per heavy atom. The van der Waals surface area contributed by atoms with E-state index in [9.17, 15) is 0 Å². The highest BCUT2D eigenvalue weighted by molar-refractivity contribution is 7.97. The van der Waals surface area contributed by atoms with Gasteiger partial charge in [0.2, 0.25) is 0 Å². The van der Waals surface area contributed by atoms with E-state index in [-0.39, 0.29) is 0 Å². The standard InChI is InChI=1S/C11H9Cl2NOS/c12-10-4-3-8(11(13)14-10)6-16-7-9-2-1-5-15-9/h1-5H,6-7H2. The molecule has 0 saturated heterocycles. The maximum absolute atomic E-state index is 5.96. The summed E-state index contributed by atoms with van der Waals surface area (Å²) < 4.78 is 5.23. The molecule has 0 bridgehead atoms. The molecule has 16 heavy (non-hydrogen) atoms. The molecular formula is C11H9Cl2NOS. The molecule has 0 aliphatic rings. The van der Waals surface area contributed by atoms with Gasteiger partial charge in [0.15, 0.2) is 0 Å². The largest absolute Gasteiger partial charge is 0.468 e. The summed E-state index contributed by atoms with van der Waals surface area (Å²) in [6, 6.07) is 7.48. The topological polar surface area (TPSA) is 26.0 Å². The molecule has 0 atom stereocenters. The molecule has 2 aromatic heterocycles. The van der Waals surface area contributed by atoms with Crippen LogP contribution < -0.4 is 0 Å². The van der Waals surface area contributed by atoms with Crippen molar-refractivity contribution in [1.82, 2.24) is 4.98 Å². The molecule has 0 N–H and O–H groups in total. The quantitative estimate of drug-likeness (QED) is 0.772. The third-order valence-electron chi connectivity index (χ3n) is 1.97. The molecule has 2 nitrogen and oxygen atoms in total. The monoisotopic (exact) mass is 273 g/mol. The highest BCUT2D eigenvalue weighted by Crippen LogP contribution is 2.23. The van der Waals surface area contributed by atoms with E-state index in [1.54, 1.807) is 24.1 Å². The van der Waals surface area contributed by atoms with Crippen molar-refractivity contribution in [3.05, 3.63) is 52.2 Å². The molecule has 2 rings (SSSR count). The van der Waals surface area contributed by atoms with Crippen LogP contribution in [0.4, 0.5) is 0 Å². The third kappa shape index (κ3) is 3.17.